The lowest BCUT2D eigenvalue weighted by Crippen LogP contribution is -2.11. The first-order valence-corrected chi connectivity index (χ1v) is 4.70. The molecule has 0 aromatic heterocycles. The Morgan fingerprint density at radius 1 is 1.25 bits per heavy atom. The van der Waals surface area contributed by atoms with Crippen molar-refractivity contribution in [3.05, 3.63) is 36.1 Å². The molecule has 0 rings (SSSR count). The van der Waals surface area contributed by atoms with E-state index >= 15 is 0 Å². The van der Waals surface area contributed by atoms with Crippen LogP contribution in [0.1, 0.15) is 20.3 Å². The number of ether oxygens (including phenoxy) is 2. The fourth-order valence-electron chi connectivity index (χ4n) is 0.868. The zero-order valence-electron chi connectivity index (χ0n) is 9.83. The minimum Gasteiger partial charge on any atom is -0.466 e. The average Bonchev–Trinajstić information content (AvgIpc) is 2.26. The van der Waals surface area contributed by atoms with E-state index in [1.165, 1.54) is 27.0 Å². The lowest BCUT2D eigenvalue weighted by Gasteiger charge is -2.09. The molecule has 0 spiro atoms. The molecule has 0 aromatic rings. The predicted octanol–water partition coefficient (Wildman–Crippen LogP) is 2.13. The average molecular weight is 224 g/mol. The van der Waals surface area contributed by atoms with E-state index in [-0.39, 0.29) is 23.3 Å². The van der Waals surface area contributed by atoms with E-state index in [2.05, 4.69) is 17.9 Å². The first-order chi connectivity index (χ1) is 7.43. The Morgan fingerprint density at radius 3 is 2.19 bits per heavy atom. The minimum atomic E-state index is -0.569. The summed E-state index contributed by atoms with van der Waals surface area (Å²) in [7, 11) is 1.26. The Balaban J connectivity index is 4.99. The second-order valence-corrected chi connectivity index (χ2v) is 3.20. The third kappa shape index (κ3) is 4.13. The van der Waals surface area contributed by atoms with Gasteiger partial charge in [-0.25, -0.2) is 9.59 Å². The maximum absolute atomic E-state index is 11.3. The molecular weight excluding hydrogens is 208 g/mol. The number of methoxy groups -OCH3 is 1. The summed E-state index contributed by atoms with van der Waals surface area (Å²) in [5.41, 5.74) is 0.510. The van der Waals surface area contributed by atoms with Crippen LogP contribution in [0.25, 0.3) is 0 Å². The van der Waals surface area contributed by atoms with Crippen LogP contribution in [0.5, 0.6) is 0 Å². The SMILES string of the molecule is C=CC/C(OC(=O)C(=C)C)=C(\C)C(=O)OC. The fourth-order valence-corrected chi connectivity index (χ4v) is 0.868. The molecule has 0 atom stereocenters. The summed E-state index contributed by atoms with van der Waals surface area (Å²) in [5.74, 6) is -0.874. The number of esters is 2. The molecule has 4 nitrogen and oxygen atoms in total. The van der Waals surface area contributed by atoms with E-state index in [1.54, 1.807) is 0 Å². The monoisotopic (exact) mass is 224 g/mol. The van der Waals surface area contributed by atoms with Crippen molar-refractivity contribution in [2.75, 3.05) is 7.11 Å². The molecule has 0 unspecified atom stereocenters. The van der Waals surface area contributed by atoms with Crippen molar-refractivity contribution in [3.63, 3.8) is 0 Å². The van der Waals surface area contributed by atoms with Crippen LogP contribution in [0.3, 0.4) is 0 Å². The number of hydrogen-bond donors (Lipinski definition) is 0. The molecule has 0 saturated heterocycles. The highest BCUT2D eigenvalue weighted by Gasteiger charge is 2.15. The number of hydrogen-bond acceptors (Lipinski definition) is 4. The molecule has 0 amide bonds. The van der Waals surface area contributed by atoms with Gasteiger partial charge < -0.3 is 9.47 Å². The maximum atomic E-state index is 11.3. The largest absolute Gasteiger partial charge is 0.466 e. The van der Waals surface area contributed by atoms with Gasteiger partial charge in [-0.15, -0.1) is 6.58 Å². The zero-order valence-corrected chi connectivity index (χ0v) is 9.83. The lowest BCUT2D eigenvalue weighted by atomic mass is 10.2. The van der Waals surface area contributed by atoms with E-state index in [0.717, 1.165) is 0 Å². The van der Waals surface area contributed by atoms with Crippen molar-refractivity contribution in [2.24, 2.45) is 0 Å². The Kier molecular flexibility index (Phi) is 5.85. The van der Waals surface area contributed by atoms with Gasteiger partial charge in [0, 0.05) is 12.0 Å². The first kappa shape index (κ1) is 14.2. The van der Waals surface area contributed by atoms with E-state index < -0.39 is 11.9 Å². The summed E-state index contributed by atoms with van der Waals surface area (Å²) in [6, 6.07) is 0. The van der Waals surface area contributed by atoms with Crippen LogP contribution in [0.2, 0.25) is 0 Å². The Morgan fingerprint density at radius 2 is 1.81 bits per heavy atom. The third-order valence-corrected chi connectivity index (χ3v) is 1.80. The van der Waals surface area contributed by atoms with Gasteiger partial charge in [0.2, 0.25) is 0 Å². The molecule has 0 heterocycles. The normalized spacial score (nSPS) is 11.2. The van der Waals surface area contributed by atoms with Gasteiger partial charge in [0.25, 0.3) is 0 Å². The van der Waals surface area contributed by atoms with Gasteiger partial charge in [-0.2, -0.15) is 0 Å². The number of carbonyl (C=O) groups excluding carboxylic acids is 2. The smallest absolute Gasteiger partial charge is 0.338 e. The topological polar surface area (TPSA) is 52.6 Å². The molecule has 0 aromatic carbocycles. The van der Waals surface area contributed by atoms with Crippen LogP contribution in [0, 0.1) is 0 Å². The van der Waals surface area contributed by atoms with Crippen molar-refractivity contribution < 1.29 is 19.1 Å². The molecule has 16 heavy (non-hydrogen) atoms. The summed E-state index contributed by atoms with van der Waals surface area (Å²) < 4.78 is 9.54. The van der Waals surface area contributed by atoms with Crippen molar-refractivity contribution in [3.8, 4) is 0 Å². The summed E-state index contributed by atoms with van der Waals surface area (Å²) in [5, 5.41) is 0. The molecule has 0 fully saturated rings. The summed E-state index contributed by atoms with van der Waals surface area (Å²) >= 11 is 0. The van der Waals surface area contributed by atoms with Crippen molar-refractivity contribution in [1.82, 2.24) is 0 Å². The highest BCUT2D eigenvalue weighted by atomic mass is 16.5. The van der Waals surface area contributed by atoms with Gasteiger partial charge in [-0.05, 0) is 13.8 Å². The van der Waals surface area contributed by atoms with Crippen molar-refractivity contribution in [2.45, 2.75) is 20.3 Å². The van der Waals surface area contributed by atoms with Crippen LogP contribution >= 0.6 is 0 Å². The van der Waals surface area contributed by atoms with Gasteiger partial charge in [0.1, 0.15) is 5.76 Å². The van der Waals surface area contributed by atoms with Crippen molar-refractivity contribution >= 4 is 11.9 Å². The second kappa shape index (κ2) is 6.61. The molecule has 0 aliphatic carbocycles. The van der Waals surface area contributed by atoms with Crippen molar-refractivity contribution in [1.29, 1.82) is 0 Å². The van der Waals surface area contributed by atoms with Gasteiger partial charge in [0.15, 0.2) is 0 Å². The first-order valence-electron chi connectivity index (χ1n) is 4.70. The minimum absolute atomic E-state index is 0.231. The number of rotatable bonds is 5. The lowest BCUT2D eigenvalue weighted by molar-refractivity contribution is -0.137. The summed E-state index contributed by atoms with van der Waals surface area (Å²) in [6.45, 7) is 10.0. The molecule has 0 saturated carbocycles. The summed E-state index contributed by atoms with van der Waals surface area (Å²) in [4.78, 5) is 22.6. The molecule has 0 N–H and O–H groups in total. The van der Waals surface area contributed by atoms with Gasteiger partial charge >= 0.3 is 11.9 Å². The van der Waals surface area contributed by atoms with Crippen LogP contribution in [-0.2, 0) is 19.1 Å². The highest BCUT2D eigenvalue weighted by molar-refractivity contribution is 5.91. The molecule has 0 radical (unpaired) electrons. The Hall–Kier alpha value is -1.84. The van der Waals surface area contributed by atoms with E-state index in [1.807, 2.05) is 0 Å². The maximum Gasteiger partial charge on any atom is 0.338 e. The molecule has 0 bridgehead atoms. The molecule has 4 heteroatoms. The van der Waals surface area contributed by atoms with Crippen LogP contribution < -0.4 is 0 Å². The number of carbonyl (C=O) groups is 2. The van der Waals surface area contributed by atoms with E-state index in [9.17, 15) is 9.59 Å². The van der Waals surface area contributed by atoms with E-state index in [0.29, 0.717) is 0 Å². The quantitative estimate of drug-likeness (QED) is 0.311. The molecular formula is C12H16O4. The highest BCUT2D eigenvalue weighted by Crippen LogP contribution is 2.14. The Bertz CT molecular complexity index is 350. The second-order valence-electron chi connectivity index (χ2n) is 3.20. The van der Waals surface area contributed by atoms with Crippen LogP contribution in [0.15, 0.2) is 36.1 Å². The van der Waals surface area contributed by atoms with Gasteiger partial charge in [-0.1, -0.05) is 12.7 Å². The summed E-state index contributed by atoms with van der Waals surface area (Å²) in [6.07, 6.45) is 1.81. The fraction of sp³-hybridized carbons (Fsp3) is 0.333. The Labute approximate surface area is 95.2 Å². The molecule has 88 valence electrons. The molecule has 0 aliphatic rings. The number of allylic oxidation sites excluding steroid dienone is 1. The zero-order chi connectivity index (χ0) is 12.7. The predicted molar refractivity (Wildman–Crippen MR) is 60.4 cm³/mol. The van der Waals surface area contributed by atoms with Gasteiger partial charge in [0.05, 0.1) is 12.7 Å². The molecule has 0 aliphatic heterocycles. The van der Waals surface area contributed by atoms with E-state index in [4.69, 9.17) is 4.74 Å². The third-order valence-electron chi connectivity index (χ3n) is 1.80. The van der Waals surface area contributed by atoms with Crippen LogP contribution in [-0.4, -0.2) is 19.0 Å². The standard InChI is InChI=1S/C12H16O4/c1-6-7-10(9(4)12(14)15-5)16-11(13)8(2)3/h6H,1-2,7H2,3-5H3/b10-9-. The van der Waals surface area contributed by atoms with Crippen LogP contribution in [0.4, 0.5) is 0 Å². The van der Waals surface area contributed by atoms with Gasteiger partial charge in [-0.3, -0.25) is 0 Å².